The van der Waals surface area contributed by atoms with Gasteiger partial charge in [-0.1, -0.05) is 29.8 Å². The minimum Gasteiger partial charge on any atom is -0.468 e. The number of nitrogens with zero attached hydrogens (tertiary/aromatic N) is 2. The highest BCUT2D eigenvalue weighted by Crippen LogP contribution is 2.65. The topological polar surface area (TPSA) is 76.2 Å². The number of carbonyl (C=O) groups excluding carboxylic acids is 3. The van der Waals surface area contributed by atoms with E-state index in [1.165, 1.54) is 14.0 Å². The number of rotatable bonds is 3. The van der Waals surface area contributed by atoms with E-state index in [2.05, 4.69) is 17.0 Å². The van der Waals surface area contributed by atoms with Gasteiger partial charge in [0.15, 0.2) is 0 Å². The zero-order valence-corrected chi connectivity index (χ0v) is 18.4. The van der Waals surface area contributed by atoms with Gasteiger partial charge in [0.1, 0.15) is 12.0 Å². The number of hydrogen-bond acceptors (Lipinski definition) is 6. The summed E-state index contributed by atoms with van der Waals surface area (Å²) in [6, 6.07) is 7.73. The zero-order valence-electron chi connectivity index (χ0n) is 18.4. The molecular formula is C24H28N2O5. The van der Waals surface area contributed by atoms with Crippen LogP contribution in [0.1, 0.15) is 32.3 Å². The number of anilines is 1. The lowest BCUT2D eigenvalue weighted by Crippen LogP contribution is -2.67. The predicted octanol–water partition coefficient (Wildman–Crippen LogP) is 2.05. The Bertz CT molecular complexity index is 1020. The number of piperidine rings is 3. The van der Waals surface area contributed by atoms with Crippen molar-refractivity contribution in [3.63, 3.8) is 0 Å². The molecule has 164 valence electrons. The van der Waals surface area contributed by atoms with E-state index in [9.17, 15) is 14.4 Å². The average Bonchev–Trinajstić information content (AvgIpc) is 3.18. The molecule has 0 aromatic heterocycles. The van der Waals surface area contributed by atoms with Crippen LogP contribution in [0.25, 0.3) is 0 Å². The first-order chi connectivity index (χ1) is 14.8. The highest BCUT2D eigenvalue weighted by molar-refractivity contribution is 6.09. The van der Waals surface area contributed by atoms with Gasteiger partial charge in [-0.05, 0) is 31.4 Å². The fraction of sp³-hybridized carbons (Fsp3) is 0.542. The third-order valence-corrected chi connectivity index (χ3v) is 8.26. The number of ether oxygens (including phenoxy) is 2. The molecule has 4 bridgehead atoms. The second-order valence-electron chi connectivity index (χ2n) is 9.22. The average molecular weight is 424 g/mol. The first-order valence-electron chi connectivity index (χ1n) is 10.8. The van der Waals surface area contributed by atoms with Gasteiger partial charge in [0, 0.05) is 44.2 Å². The summed E-state index contributed by atoms with van der Waals surface area (Å²) in [6.45, 7) is 4.02. The van der Waals surface area contributed by atoms with Crippen LogP contribution in [0.2, 0.25) is 0 Å². The largest absolute Gasteiger partial charge is 0.468 e. The number of esters is 2. The number of likely N-dealkylation sites (N-methyl/N-ethyl adjacent to an activating group) is 1. The SMILES string of the molecule is C/C=C1/CN2[C@H]3C[C@@]4(C(=O)N(C)c5ccccc54)[C@@H]2C[C@@H]1[C@@]3(COC(C)=O)C(=O)OC. The molecule has 6 rings (SSSR count). The lowest BCUT2D eigenvalue weighted by molar-refractivity contribution is -0.180. The Labute approximate surface area is 182 Å². The summed E-state index contributed by atoms with van der Waals surface area (Å²) in [7, 11) is 3.21. The van der Waals surface area contributed by atoms with E-state index in [1.807, 2.05) is 32.2 Å². The van der Waals surface area contributed by atoms with Crippen LogP contribution >= 0.6 is 0 Å². The fourth-order valence-corrected chi connectivity index (χ4v) is 6.99. The summed E-state index contributed by atoms with van der Waals surface area (Å²) in [5, 5.41) is 0. The van der Waals surface area contributed by atoms with Crippen LogP contribution in [0.4, 0.5) is 5.69 Å². The summed E-state index contributed by atoms with van der Waals surface area (Å²) in [6.07, 6.45) is 3.23. The maximum absolute atomic E-state index is 13.8. The molecule has 7 heteroatoms. The quantitative estimate of drug-likeness (QED) is 0.546. The Balaban J connectivity index is 1.69. The normalized spacial score (nSPS) is 38.6. The van der Waals surface area contributed by atoms with Crippen LogP contribution in [-0.2, 0) is 29.3 Å². The summed E-state index contributed by atoms with van der Waals surface area (Å²) >= 11 is 0. The van der Waals surface area contributed by atoms with Gasteiger partial charge in [-0.15, -0.1) is 0 Å². The Morgan fingerprint density at radius 1 is 1.26 bits per heavy atom. The summed E-state index contributed by atoms with van der Waals surface area (Å²) in [5.41, 5.74) is 1.41. The highest BCUT2D eigenvalue weighted by Gasteiger charge is 2.74. The van der Waals surface area contributed by atoms with Crippen LogP contribution < -0.4 is 4.90 Å². The Kier molecular flexibility index (Phi) is 4.35. The smallest absolute Gasteiger partial charge is 0.317 e. The van der Waals surface area contributed by atoms with Crippen molar-refractivity contribution < 1.29 is 23.9 Å². The second-order valence-corrected chi connectivity index (χ2v) is 9.22. The summed E-state index contributed by atoms with van der Waals surface area (Å²) in [5.74, 6) is -0.833. The predicted molar refractivity (Wildman–Crippen MR) is 113 cm³/mol. The molecule has 1 aromatic carbocycles. The van der Waals surface area contributed by atoms with Gasteiger partial charge in [-0.3, -0.25) is 19.3 Å². The van der Waals surface area contributed by atoms with Gasteiger partial charge in [0.05, 0.1) is 12.5 Å². The minimum atomic E-state index is -1.02. The van der Waals surface area contributed by atoms with E-state index in [4.69, 9.17) is 9.47 Å². The molecule has 7 nitrogen and oxygen atoms in total. The molecule has 5 aliphatic rings. The third kappa shape index (κ3) is 2.30. The van der Waals surface area contributed by atoms with Gasteiger partial charge in [-0.25, -0.2) is 0 Å². The number of hydrogen-bond donors (Lipinski definition) is 0. The molecule has 0 saturated carbocycles. The second kappa shape index (κ2) is 6.66. The monoisotopic (exact) mass is 424 g/mol. The van der Waals surface area contributed by atoms with Gasteiger partial charge < -0.3 is 14.4 Å². The molecule has 5 aliphatic heterocycles. The van der Waals surface area contributed by atoms with Crippen molar-refractivity contribution in [1.29, 1.82) is 0 Å². The Hall–Kier alpha value is -2.67. The molecule has 31 heavy (non-hydrogen) atoms. The molecule has 4 saturated heterocycles. The number of methoxy groups -OCH3 is 1. The molecule has 5 heterocycles. The van der Waals surface area contributed by atoms with Crippen molar-refractivity contribution in [2.75, 3.05) is 32.2 Å². The fourth-order valence-electron chi connectivity index (χ4n) is 6.99. The van der Waals surface area contributed by atoms with E-state index in [0.717, 1.165) is 23.4 Å². The molecule has 0 radical (unpaired) electrons. The molecule has 6 atom stereocenters. The standard InChI is InChI=1S/C24H28N2O5/c1-5-15-12-26-19-10-17(15)24(22(29)30-4,13-31-14(2)27)20(26)11-23(19)16-8-6-7-9-18(16)25(3)21(23)28/h5-9,17,19-20H,10-13H2,1-4H3/b15-5-/t17-,19-,20-,23-,24+/m0/s1. The number of amides is 1. The maximum Gasteiger partial charge on any atom is 0.317 e. The van der Waals surface area contributed by atoms with Crippen LogP contribution in [0, 0.1) is 11.3 Å². The van der Waals surface area contributed by atoms with Crippen molar-refractivity contribution in [2.45, 2.75) is 44.2 Å². The summed E-state index contributed by atoms with van der Waals surface area (Å²) in [4.78, 5) is 42.9. The van der Waals surface area contributed by atoms with E-state index < -0.39 is 16.8 Å². The zero-order chi connectivity index (χ0) is 22.1. The summed E-state index contributed by atoms with van der Waals surface area (Å²) < 4.78 is 10.8. The van der Waals surface area contributed by atoms with E-state index in [0.29, 0.717) is 12.8 Å². The van der Waals surface area contributed by atoms with Crippen molar-refractivity contribution in [2.24, 2.45) is 11.3 Å². The molecule has 1 unspecified atom stereocenters. The van der Waals surface area contributed by atoms with Gasteiger partial charge in [0.25, 0.3) is 0 Å². The number of para-hydroxylation sites is 1. The lowest BCUT2D eigenvalue weighted by Gasteiger charge is -2.57. The molecule has 1 aromatic rings. The first kappa shape index (κ1) is 20.2. The van der Waals surface area contributed by atoms with Crippen LogP contribution in [0.5, 0.6) is 0 Å². The highest BCUT2D eigenvalue weighted by atomic mass is 16.5. The third-order valence-electron chi connectivity index (χ3n) is 8.26. The Morgan fingerprint density at radius 2 is 2.00 bits per heavy atom. The van der Waals surface area contributed by atoms with Crippen molar-refractivity contribution in [3.8, 4) is 0 Å². The molecule has 0 aliphatic carbocycles. The van der Waals surface area contributed by atoms with Crippen LogP contribution in [-0.4, -0.2) is 62.1 Å². The lowest BCUT2D eigenvalue weighted by atomic mass is 9.60. The number of benzene rings is 1. The minimum absolute atomic E-state index is 0.0000841. The number of carbonyl (C=O) groups is 3. The molecule has 0 N–H and O–H groups in total. The number of allylic oxidation sites excluding steroid dienone is 1. The molecular weight excluding hydrogens is 396 g/mol. The van der Waals surface area contributed by atoms with E-state index in [-0.39, 0.29) is 36.5 Å². The first-order valence-corrected chi connectivity index (χ1v) is 10.8. The van der Waals surface area contributed by atoms with Crippen molar-refractivity contribution in [1.82, 2.24) is 4.90 Å². The molecule has 4 fully saturated rings. The number of fused-ring (bicyclic) bond motifs is 3. The molecule has 1 amide bonds. The van der Waals surface area contributed by atoms with Crippen LogP contribution in [0.15, 0.2) is 35.9 Å². The van der Waals surface area contributed by atoms with Gasteiger partial charge in [0.2, 0.25) is 5.91 Å². The van der Waals surface area contributed by atoms with Crippen molar-refractivity contribution in [3.05, 3.63) is 41.5 Å². The van der Waals surface area contributed by atoms with Crippen LogP contribution in [0.3, 0.4) is 0 Å². The van der Waals surface area contributed by atoms with E-state index in [1.54, 1.807) is 4.90 Å². The van der Waals surface area contributed by atoms with Gasteiger partial charge in [-0.2, -0.15) is 0 Å². The maximum atomic E-state index is 13.8. The van der Waals surface area contributed by atoms with E-state index >= 15 is 0 Å². The molecule has 1 spiro atoms. The van der Waals surface area contributed by atoms with Gasteiger partial charge >= 0.3 is 11.9 Å². The Morgan fingerprint density at radius 3 is 2.68 bits per heavy atom. The van der Waals surface area contributed by atoms with Crippen molar-refractivity contribution >= 4 is 23.5 Å².